The van der Waals surface area contributed by atoms with Gasteiger partial charge >= 0.3 is 6.03 Å². The van der Waals surface area contributed by atoms with E-state index in [1.807, 2.05) is 26.0 Å². The number of urea groups is 1. The van der Waals surface area contributed by atoms with Gasteiger partial charge in [-0.15, -0.1) is 0 Å². The highest BCUT2D eigenvalue weighted by atomic mass is 79.9. The Labute approximate surface area is 244 Å². The number of fused-ring (bicyclic) bond motifs is 1. The Morgan fingerprint density at radius 3 is 2.55 bits per heavy atom. The van der Waals surface area contributed by atoms with E-state index >= 15 is 0 Å². The fourth-order valence-electron chi connectivity index (χ4n) is 4.53. The molecule has 0 unspecified atom stereocenters. The Morgan fingerprint density at radius 2 is 1.77 bits per heavy atom. The van der Waals surface area contributed by atoms with Gasteiger partial charge in [0.05, 0.1) is 16.8 Å². The topological polar surface area (TPSA) is 84.9 Å². The lowest BCUT2D eigenvalue weighted by molar-refractivity contribution is -0.122. The van der Waals surface area contributed by atoms with Crippen molar-refractivity contribution in [1.82, 2.24) is 5.32 Å². The Morgan fingerprint density at radius 1 is 0.975 bits per heavy atom. The van der Waals surface area contributed by atoms with E-state index in [0.717, 1.165) is 26.8 Å². The molecular weight excluding hydrogens is 596 g/mol. The van der Waals surface area contributed by atoms with Gasteiger partial charge in [-0.2, -0.15) is 0 Å². The molecule has 9 heteroatoms. The van der Waals surface area contributed by atoms with Gasteiger partial charge in [0.25, 0.3) is 11.8 Å². The first-order valence-electron chi connectivity index (χ1n) is 12.5. The van der Waals surface area contributed by atoms with Gasteiger partial charge in [0.2, 0.25) is 0 Å². The van der Waals surface area contributed by atoms with Gasteiger partial charge in [-0.1, -0.05) is 54.1 Å². The number of benzene rings is 4. The van der Waals surface area contributed by atoms with Gasteiger partial charge in [-0.05, 0) is 88.1 Å². The minimum atomic E-state index is -0.849. The summed E-state index contributed by atoms with van der Waals surface area (Å²) in [6.07, 6.45) is 1.41. The maximum absolute atomic E-state index is 13.3. The second-order valence-corrected chi connectivity index (χ2v) is 10.4. The molecule has 0 aliphatic carbocycles. The van der Waals surface area contributed by atoms with Crippen molar-refractivity contribution in [3.05, 3.63) is 105 Å². The van der Waals surface area contributed by atoms with E-state index in [0.29, 0.717) is 39.8 Å². The second-order valence-electron chi connectivity index (χ2n) is 9.07. The minimum absolute atomic E-state index is 0.214. The molecule has 7 nitrogen and oxygen atoms in total. The number of nitrogens with zero attached hydrogens (tertiary/aromatic N) is 1. The molecule has 40 heavy (non-hydrogen) atoms. The highest BCUT2D eigenvalue weighted by molar-refractivity contribution is 9.10. The molecule has 0 bridgehead atoms. The summed E-state index contributed by atoms with van der Waals surface area (Å²) in [7, 11) is 0. The minimum Gasteiger partial charge on any atom is -0.490 e. The van der Waals surface area contributed by atoms with E-state index in [1.165, 1.54) is 12.1 Å². The molecule has 0 aromatic heterocycles. The van der Waals surface area contributed by atoms with Gasteiger partial charge in [0, 0.05) is 10.6 Å². The van der Waals surface area contributed by atoms with Crippen molar-refractivity contribution < 1.29 is 23.9 Å². The number of nitrogens with one attached hydrogen (secondary N) is 1. The Hall–Kier alpha value is -4.14. The van der Waals surface area contributed by atoms with Crippen LogP contribution in [0.1, 0.15) is 23.6 Å². The molecule has 5 rings (SSSR count). The average Bonchev–Trinajstić information content (AvgIpc) is 2.91. The van der Waals surface area contributed by atoms with Crippen molar-refractivity contribution in [2.75, 3.05) is 11.5 Å². The van der Waals surface area contributed by atoms with Crippen LogP contribution in [0.4, 0.5) is 10.5 Å². The highest BCUT2D eigenvalue weighted by Gasteiger charge is 2.37. The van der Waals surface area contributed by atoms with Crippen LogP contribution >= 0.6 is 27.5 Å². The zero-order valence-corrected chi connectivity index (χ0v) is 24.0. The summed E-state index contributed by atoms with van der Waals surface area (Å²) in [6.45, 7) is 4.57. The zero-order chi connectivity index (χ0) is 28.4. The van der Waals surface area contributed by atoms with Crippen molar-refractivity contribution in [2.45, 2.75) is 20.5 Å². The second kappa shape index (κ2) is 11.5. The lowest BCUT2D eigenvalue weighted by Gasteiger charge is -2.26. The molecule has 1 aliphatic rings. The predicted molar refractivity (Wildman–Crippen MR) is 159 cm³/mol. The molecule has 0 saturated carbocycles. The number of halogens is 2. The monoisotopic (exact) mass is 618 g/mol. The van der Waals surface area contributed by atoms with Crippen molar-refractivity contribution >= 4 is 67.9 Å². The molecule has 4 aromatic rings. The van der Waals surface area contributed by atoms with E-state index in [1.54, 1.807) is 30.3 Å². The number of barbiturate groups is 1. The van der Waals surface area contributed by atoms with Gasteiger partial charge in [0.15, 0.2) is 11.5 Å². The number of carbonyl (C=O) groups excluding carboxylic acids is 3. The Balaban J connectivity index is 1.48. The lowest BCUT2D eigenvalue weighted by Crippen LogP contribution is -2.54. The van der Waals surface area contributed by atoms with E-state index in [-0.39, 0.29) is 11.3 Å². The van der Waals surface area contributed by atoms with Gasteiger partial charge < -0.3 is 9.47 Å². The molecule has 0 atom stereocenters. The average molecular weight is 620 g/mol. The van der Waals surface area contributed by atoms with E-state index < -0.39 is 17.8 Å². The number of hydrogen-bond donors (Lipinski definition) is 1. The molecule has 1 aliphatic heterocycles. The number of aryl methyl sites for hydroxylation is 1. The molecule has 0 spiro atoms. The molecule has 4 aromatic carbocycles. The van der Waals surface area contributed by atoms with Crippen LogP contribution in [0.5, 0.6) is 11.5 Å². The number of anilines is 1. The highest BCUT2D eigenvalue weighted by Crippen LogP contribution is 2.39. The molecule has 0 radical (unpaired) electrons. The van der Waals surface area contributed by atoms with E-state index in [2.05, 4.69) is 45.5 Å². The summed E-state index contributed by atoms with van der Waals surface area (Å²) in [6, 6.07) is 21.1. The standard InChI is InChI=1S/C31H24BrClN2O5/c1-3-39-27-15-19(13-24-29(36)34-31(38)35(30(24)37)22-9-6-8-21(33)16-22)14-26(32)28(27)40-17-25-18(2)11-12-20-7-4-5-10-23(20)25/h4-16H,3,17H2,1-2H3,(H,34,36,38)/b24-13+. The quantitative estimate of drug-likeness (QED) is 0.175. The molecular formula is C31H24BrClN2O5. The summed E-state index contributed by atoms with van der Waals surface area (Å²) < 4.78 is 12.7. The maximum Gasteiger partial charge on any atom is 0.335 e. The largest absolute Gasteiger partial charge is 0.490 e. The van der Waals surface area contributed by atoms with Crippen LogP contribution < -0.4 is 19.7 Å². The van der Waals surface area contributed by atoms with Crippen molar-refractivity contribution in [2.24, 2.45) is 0 Å². The van der Waals surface area contributed by atoms with Crippen LogP contribution in [0, 0.1) is 6.92 Å². The molecule has 1 heterocycles. The van der Waals surface area contributed by atoms with Crippen LogP contribution in [0.2, 0.25) is 5.02 Å². The molecule has 1 fully saturated rings. The first-order valence-corrected chi connectivity index (χ1v) is 13.7. The summed E-state index contributed by atoms with van der Waals surface area (Å²) >= 11 is 9.63. The zero-order valence-electron chi connectivity index (χ0n) is 21.7. The summed E-state index contributed by atoms with van der Waals surface area (Å²) in [5.74, 6) is -0.634. The molecule has 4 amide bonds. The van der Waals surface area contributed by atoms with Gasteiger partial charge in [-0.25, -0.2) is 9.69 Å². The van der Waals surface area contributed by atoms with Crippen molar-refractivity contribution in [3.63, 3.8) is 0 Å². The number of amides is 4. The van der Waals surface area contributed by atoms with Crippen LogP contribution in [0.25, 0.3) is 16.8 Å². The Kier molecular flexibility index (Phi) is 7.91. The SMILES string of the molecule is CCOc1cc(/C=C2\C(=O)NC(=O)N(c3cccc(Cl)c3)C2=O)cc(Br)c1OCc1c(C)ccc2ccccc12. The number of hydrogen-bond acceptors (Lipinski definition) is 5. The fourth-order valence-corrected chi connectivity index (χ4v) is 5.29. The molecule has 1 saturated heterocycles. The molecule has 1 N–H and O–H groups in total. The van der Waals surface area contributed by atoms with Crippen LogP contribution in [0.15, 0.2) is 82.8 Å². The first kappa shape index (κ1) is 27.4. The number of ether oxygens (including phenoxy) is 2. The third-order valence-corrected chi connectivity index (χ3v) is 7.27. The third kappa shape index (κ3) is 5.46. The van der Waals surface area contributed by atoms with Gasteiger partial charge in [0.1, 0.15) is 12.2 Å². The van der Waals surface area contributed by atoms with Crippen LogP contribution in [-0.4, -0.2) is 24.5 Å². The summed E-state index contributed by atoms with van der Waals surface area (Å²) in [4.78, 5) is 39.4. The summed E-state index contributed by atoms with van der Waals surface area (Å²) in [5.41, 5.74) is 2.71. The number of imide groups is 2. The van der Waals surface area contributed by atoms with Gasteiger partial charge in [-0.3, -0.25) is 14.9 Å². The smallest absolute Gasteiger partial charge is 0.335 e. The third-order valence-electron chi connectivity index (χ3n) is 6.45. The van der Waals surface area contributed by atoms with E-state index in [4.69, 9.17) is 21.1 Å². The number of rotatable bonds is 7. The van der Waals surface area contributed by atoms with Crippen LogP contribution in [-0.2, 0) is 16.2 Å². The van der Waals surface area contributed by atoms with Crippen LogP contribution in [0.3, 0.4) is 0 Å². The van der Waals surface area contributed by atoms with Crippen molar-refractivity contribution in [3.8, 4) is 11.5 Å². The maximum atomic E-state index is 13.3. The fraction of sp³-hybridized carbons (Fsp3) is 0.129. The van der Waals surface area contributed by atoms with E-state index in [9.17, 15) is 14.4 Å². The Bertz CT molecular complexity index is 1700. The summed E-state index contributed by atoms with van der Waals surface area (Å²) in [5, 5.41) is 4.80. The predicted octanol–water partition coefficient (Wildman–Crippen LogP) is 7.21. The lowest BCUT2D eigenvalue weighted by atomic mass is 10.0. The molecule has 202 valence electrons. The normalized spacial score (nSPS) is 14.6. The van der Waals surface area contributed by atoms with Crippen molar-refractivity contribution in [1.29, 1.82) is 0 Å². The first-order chi connectivity index (χ1) is 19.3. The number of carbonyl (C=O) groups is 3.